The monoisotopic (exact) mass is 253 g/mol. The molecule has 0 radical (unpaired) electrons. The van der Waals surface area contributed by atoms with Gasteiger partial charge in [-0.25, -0.2) is 8.78 Å². The van der Waals surface area contributed by atoms with Crippen LogP contribution in [0.25, 0.3) is 0 Å². The van der Waals surface area contributed by atoms with Crippen molar-refractivity contribution in [2.45, 2.75) is 6.54 Å². The van der Waals surface area contributed by atoms with Crippen molar-refractivity contribution in [1.29, 1.82) is 5.26 Å². The van der Waals surface area contributed by atoms with Crippen LogP contribution < -0.4 is 10.6 Å². The topological polar surface area (TPSA) is 82.0 Å². The number of hydrogen-bond donors (Lipinski definition) is 2. The van der Waals surface area contributed by atoms with E-state index in [4.69, 9.17) is 5.26 Å². The number of carbonyl (C=O) groups excluding carboxylic acids is 2. The van der Waals surface area contributed by atoms with Gasteiger partial charge in [-0.15, -0.1) is 0 Å². The Labute approximate surface area is 101 Å². The number of nitrogens with one attached hydrogen (secondary N) is 2. The van der Waals surface area contributed by atoms with Crippen LogP contribution in [0.2, 0.25) is 0 Å². The molecule has 2 N–H and O–H groups in total. The van der Waals surface area contributed by atoms with E-state index in [1.54, 1.807) is 6.07 Å². The predicted molar refractivity (Wildman–Crippen MR) is 56.8 cm³/mol. The van der Waals surface area contributed by atoms with Gasteiger partial charge in [0.05, 0.1) is 6.07 Å². The van der Waals surface area contributed by atoms with Crippen LogP contribution in [-0.2, 0) is 16.1 Å². The highest BCUT2D eigenvalue weighted by Gasteiger charge is 2.13. The van der Waals surface area contributed by atoms with E-state index in [2.05, 4.69) is 5.32 Å². The summed E-state index contributed by atoms with van der Waals surface area (Å²) in [6.45, 7) is -0.540. The van der Waals surface area contributed by atoms with Gasteiger partial charge in [0.2, 0.25) is 0 Å². The minimum atomic E-state index is -0.992. The van der Waals surface area contributed by atoms with Gasteiger partial charge in [0.1, 0.15) is 18.2 Å². The van der Waals surface area contributed by atoms with E-state index in [1.165, 1.54) is 0 Å². The summed E-state index contributed by atoms with van der Waals surface area (Å²) in [5, 5.41) is 12.4. The molecular weight excluding hydrogens is 244 g/mol. The number of halogens is 2. The summed E-state index contributed by atoms with van der Waals surface area (Å²) in [6.07, 6.45) is 0. The Bertz CT molecular complexity index is 512. The van der Waals surface area contributed by atoms with E-state index in [9.17, 15) is 18.4 Å². The van der Waals surface area contributed by atoms with E-state index < -0.39 is 23.4 Å². The number of carbonyl (C=O) groups is 2. The Balaban J connectivity index is 2.52. The lowest BCUT2D eigenvalue weighted by Gasteiger charge is -2.05. The van der Waals surface area contributed by atoms with Crippen molar-refractivity contribution in [2.24, 2.45) is 0 Å². The van der Waals surface area contributed by atoms with Crippen LogP contribution in [-0.4, -0.2) is 18.4 Å². The highest BCUT2D eigenvalue weighted by atomic mass is 19.1. The minimum absolute atomic E-state index is 0.0535. The Morgan fingerprint density at radius 1 is 1.22 bits per heavy atom. The highest BCUT2D eigenvalue weighted by molar-refractivity contribution is 6.35. The van der Waals surface area contributed by atoms with Crippen molar-refractivity contribution in [3.63, 3.8) is 0 Å². The van der Waals surface area contributed by atoms with Gasteiger partial charge in [0.25, 0.3) is 0 Å². The number of nitrogens with zero attached hydrogens (tertiary/aromatic N) is 1. The minimum Gasteiger partial charge on any atom is -0.344 e. The van der Waals surface area contributed by atoms with Gasteiger partial charge < -0.3 is 10.6 Å². The lowest BCUT2D eigenvalue weighted by Crippen LogP contribution is -2.39. The molecule has 1 rings (SSSR count). The number of benzene rings is 1. The molecule has 2 amide bonds. The van der Waals surface area contributed by atoms with Gasteiger partial charge in [0, 0.05) is 18.2 Å². The molecule has 7 heteroatoms. The number of rotatable bonds is 3. The second-order valence-electron chi connectivity index (χ2n) is 3.26. The molecule has 0 bridgehead atoms. The normalized spacial score (nSPS) is 9.39. The fourth-order valence-electron chi connectivity index (χ4n) is 1.12. The maximum atomic E-state index is 13.2. The predicted octanol–water partition coefficient (Wildman–Crippen LogP) is 0.221. The zero-order chi connectivity index (χ0) is 13.5. The van der Waals surface area contributed by atoms with E-state index in [-0.39, 0.29) is 18.7 Å². The molecule has 1 aromatic carbocycles. The van der Waals surface area contributed by atoms with Gasteiger partial charge in [-0.1, -0.05) is 6.07 Å². The average Bonchev–Trinajstić information content (AvgIpc) is 2.34. The summed E-state index contributed by atoms with van der Waals surface area (Å²) in [4.78, 5) is 22.2. The molecule has 0 aliphatic rings. The first-order chi connectivity index (χ1) is 8.54. The number of hydrogen-bond acceptors (Lipinski definition) is 3. The van der Waals surface area contributed by atoms with Crippen LogP contribution in [0, 0.1) is 23.0 Å². The van der Waals surface area contributed by atoms with Crippen molar-refractivity contribution in [3.8, 4) is 6.07 Å². The van der Waals surface area contributed by atoms with Crippen molar-refractivity contribution in [3.05, 3.63) is 35.4 Å². The van der Waals surface area contributed by atoms with Crippen molar-refractivity contribution >= 4 is 11.8 Å². The first kappa shape index (κ1) is 13.6. The summed E-state index contributed by atoms with van der Waals surface area (Å²) in [6, 6.07) is 4.51. The molecule has 18 heavy (non-hydrogen) atoms. The molecule has 0 spiro atoms. The molecular formula is C11H9F2N3O2. The summed E-state index contributed by atoms with van der Waals surface area (Å²) >= 11 is 0. The van der Waals surface area contributed by atoms with Crippen molar-refractivity contribution < 1.29 is 18.4 Å². The second-order valence-corrected chi connectivity index (χ2v) is 3.26. The van der Waals surface area contributed by atoms with Gasteiger partial charge in [-0.3, -0.25) is 9.59 Å². The molecule has 0 atom stereocenters. The lowest BCUT2D eigenvalue weighted by atomic mass is 10.2. The molecule has 5 nitrogen and oxygen atoms in total. The Morgan fingerprint density at radius 2 is 1.89 bits per heavy atom. The highest BCUT2D eigenvalue weighted by Crippen LogP contribution is 2.08. The molecule has 0 aromatic heterocycles. The standard InChI is InChI=1S/C11H9F2N3O2/c12-8-2-1-7(9(13)5-8)6-16-11(18)10(17)15-4-3-14/h1-2,5H,4,6H2,(H,15,17)(H,16,18). The summed E-state index contributed by atoms with van der Waals surface area (Å²) < 4.78 is 25.8. The van der Waals surface area contributed by atoms with E-state index in [1.807, 2.05) is 5.32 Å². The molecule has 94 valence electrons. The smallest absolute Gasteiger partial charge is 0.310 e. The van der Waals surface area contributed by atoms with E-state index in [0.717, 1.165) is 12.1 Å². The van der Waals surface area contributed by atoms with Crippen LogP contribution >= 0.6 is 0 Å². The molecule has 0 fully saturated rings. The van der Waals surface area contributed by atoms with Crippen molar-refractivity contribution in [2.75, 3.05) is 6.54 Å². The van der Waals surface area contributed by atoms with Gasteiger partial charge in [-0.2, -0.15) is 5.26 Å². The first-order valence-electron chi connectivity index (χ1n) is 4.91. The first-order valence-corrected chi connectivity index (χ1v) is 4.91. The van der Waals surface area contributed by atoms with Crippen LogP contribution in [0.15, 0.2) is 18.2 Å². The fourth-order valence-corrected chi connectivity index (χ4v) is 1.12. The Morgan fingerprint density at radius 3 is 2.50 bits per heavy atom. The molecule has 0 aliphatic carbocycles. The third-order valence-electron chi connectivity index (χ3n) is 1.99. The van der Waals surface area contributed by atoms with Crippen LogP contribution in [0.3, 0.4) is 0 Å². The second kappa shape index (κ2) is 6.30. The summed E-state index contributed by atoms with van der Waals surface area (Å²) in [5.74, 6) is -3.52. The van der Waals surface area contributed by atoms with E-state index in [0.29, 0.717) is 6.07 Å². The third kappa shape index (κ3) is 3.83. The Hall–Kier alpha value is -2.49. The quantitative estimate of drug-likeness (QED) is 0.597. The van der Waals surface area contributed by atoms with E-state index >= 15 is 0 Å². The maximum absolute atomic E-state index is 13.2. The Kier molecular flexibility index (Phi) is 4.75. The van der Waals surface area contributed by atoms with Gasteiger partial charge in [-0.05, 0) is 6.07 Å². The summed E-state index contributed by atoms with van der Waals surface area (Å²) in [7, 11) is 0. The molecule has 0 aliphatic heterocycles. The van der Waals surface area contributed by atoms with Crippen LogP contribution in [0.4, 0.5) is 8.78 Å². The lowest BCUT2D eigenvalue weighted by molar-refractivity contribution is -0.139. The van der Waals surface area contributed by atoms with Gasteiger partial charge >= 0.3 is 11.8 Å². The number of amides is 2. The molecule has 1 aromatic rings. The largest absolute Gasteiger partial charge is 0.344 e. The number of nitriles is 1. The average molecular weight is 253 g/mol. The summed E-state index contributed by atoms with van der Waals surface area (Å²) in [5.41, 5.74) is 0.0535. The molecule has 0 unspecified atom stereocenters. The van der Waals surface area contributed by atoms with Crippen LogP contribution in [0.5, 0.6) is 0 Å². The maximum Gasteiger partial charge on any atom is 0.310 e. The fraction of sp³-hybridized carbons (Fsp3) is 0.182. The third-order valence-corrected chi connectivity index (χ3v) is 1.99. The molecule has 0 saturated heterocycles. The van der Waals surface area contributed by atoms with Gasteiger partial charge in [0.15, 0.2) is 0 Å². The van der Waals surface area contributed by atoms with Crippen LogP contribution in [0.1, 0.15) is 5.56 Å². The zero-order valence-corrected chi connectivity index (χ0v) is 9.17. The molecule has 0 saturated carbocycles. The molecule has 0 heterocycles. The zero-order valence-electron chi connectivity index (χ0n) is 9.17. The van der Waals surface area contributed by atoms with Crippen molar-refractivity contribution in [1.82, 2.24) is 10.6 Å². The SMILES string of the molecule is N#CCNC(=O)C(=O)NCc1ccc(F)cc1F.